The Morgan fingerprint density at radius 2 is 1.56 bits per heavy atom. The number of hydrogen-bond acceptors (Lipinski definition) is 7. The molecule has 0 fully saturated rings. The summed E-state index contributed by atoms with van der Waals surface area (Å²) in [5, 5.41) is 7.30. The summed E-state index contributed by atoms with van der Waals surface area (Å²) in [7, 11) is 1.54. The lowest BCUT2D eigenvalue weighted by Crippen LogP contribution is -2.21. The zero-order valence-electron chi connectivity index (χ0n) is 22.2. The van der Waals surface area contributed by atoms with Gasteiger partial charge in [-0.25, -0.2) is 10.2 Å². The zero-order valence-corrected chi connectivity index (χ0v) is 23.0. The fourth-order valence-electron chi connectivity index (χ4n) is 3.66. The Morgan fingerprint density at radius 1 is 0.854 bits per heavy atom. The van der Waals surface area contributed by atoms with Gasteiger partial charge in [-0.1, -0.05) is 23.7 Å². The van der Waals surface area contributed by atoms with E-state index in [1.54, 1.807) is 105 Å². The van der Waals surface area contributed by atoms with Crippen LogP contribution in [0.5, 0.6) is 17.2 Å². The minimum absolute atomic E-state index is 0.228. The maximum absolute atomic E-state index is 12.9. The summed E-state index contributed by atoms with van der Waals surface area (Å²) < 4.78 is 16.3. The minimum atomic E-state index is -0.561. The Labute approximate surface area is 241 Å². The summed E-state index contributed by atoms with van der Waals surface area (Å²) in [6, 6.07) is 24.4. The minimum Gasteiger partial charge on any atom is -0.497 e. The molecule has 0 spiro atoms. The van der Waals surface area contributed by atoms with E-state index in [9.17, 15) is 14.4 Å². The van der Waals surface area contributed by atoms with Crippen molar-refractivity contribution >= 4 is 41.3 Å². The monoisotopic (exact) mass is 571 g/mol. The third-order valence-electron chi connectivity index (χ3n) is 5.70. The number of benzene rings is 4. The van der Waals surface area contributed by atoms with E-state index in [1.807, 2.05) is 0 Å². The number of nitrogens with zero attached hydrogens (tertiary/aromatic N) is 1. The number of nitrogens with one attached hydrogen (secondary N) is 2. The molecule has 0 aliphatic rings. The Hall–Kier alpha value is -5.15. The van der Waals surface area contributed by atoms with E-state index < -0.39 is 11.9 Å². The van der Waals surface area contributed by atoms with E-state index in [0.29, 0.717) is 45.5 Å². The standard InChI is InChI=1S/C31H26ClN3O6/c1-3-40-28-18-20(8-17-27(28)41-31(38)22-9-13-23(32)14-10-22)19-33-35-30(37)25-6-4-5-7-26(25)34-29(36)21-11-15-24(39-2)16-12-21/h4-19H,3H2,1-2H3,(H,34,36)(H,35,37)/b33-19-. The molecule has 10 heteroatoms. The van der Waals surface area contributed by atoms with Crippen molar-refractivity contribution in [2.24, 2.45) is 5.10 Å². The number of methoxy groups -OCH3 is 1. The number of carbonyl (C=O) groups is 3. The van der Waals surface area contributed by atoms with Crippen molar-refractivity contribution < 1.29 is 28.6 Å². The van der Waals surface area contributed by atoms with Crippen LogP contribution >= 0.6 is 11.6 Å². The van der Waals surface area contributed by atoms with Crippen LogP contribution < -0.4 is 25.0 Å². The highest BCUT2D eigenvalue weighted by Gasteiger charge is 2.15. The van der Waals surface area contributed by atoms with Crippen molar-refractivity contribution in [3.8, 4) is 17.2 Å². The average molecular weight is 572 g/mol. The number of rotatable bonds is 10. The Kier molecular flexibility index (Phi) is 9.69. The summed E-state index contributed by atoms with van der Waals surface area (Å²) >= 11 is 5.88. The lowest BCUT2D eigenvalue weighted by Gasteiger charge is -2.11. The number of amides is 2. The van der Waals surface area contributed by atoms with Gasteiger partial charge in [-0.15, -0.1) is 0 Å². The molecule has 4 aromatic carbocycles. The SMILES string of the molecule is CCOc1cc(/C=N\NC(=O)c2ccccc2NC(=O)c2ccc(OC)cc2)ccc1OC(=O)c1ccc(Cl)cc1. The molecule has 0 aromatic heterocycles. The predicted octanol–water partition coefficient (Wildman–Crippen LogP) is 5.98. The molecule has 9 nitrogen and oxygen atoms in total. The highest BCUT2D eigenvalue weighted by molar-refractivity contribution is 6.30. The fraction of sp³-hybridized carbons (Fsp3) is 0.0968. The van der Waals surface area contributed by atoms with Crippen molar-refractivity contribution in [1.29, 1.82) is 0 Å². The molecule has 208 valence electrons. The van der Waals surface area contributed by atoms with Crippen LogP contribution in [0.15, 0.2) is 96.1 Å². The Bertz CT molecular complexity index is 1570. The first-order valence-electron chi connectivity index (χ1n) is 12.5. The number of esters is 1. The summed E-state index contributed by atoms with van der Waals surface area (Å²) in [4.78, 5) is 38.1. The molecular formula is C31H26ClN3O6. The summed E-state index contributed by atoms with van der Waals surface area (Å²) in [6.45, 7) is 2.14. The molecule has 4 aromatic rings. The third kappa shape index (κ3) is 7.71. The lowest BCUT2D eigenvalue weighted by molar-refractivity contribution is 0.0728. The highest BCUT2D eigenvalue weighted by atomic mass is 35.5. The normalized spacial score (nSPS) is 10.6. The van der Waals surface area contributed by atoms with Gasteiger partial charge < -0.3 is 19.5 Å². The second-order valence-corrected chi connectivity index (χ2v) is 8.90. The van der Waals surface area contributed by atoms with Crippen molar-refractivity contribution in [2.45, 2.75) is 6.92 Å². The number of anilines is 1. The maximum atomic E-state index is 12.9. The van der Waals surface area contributed by atoms with E-state index in [2.05, 4.69) is 15.8 Å². The number of carbonyl (C=O) groups excluding carboxylic acids is 3. The van der Waals surface area contributed by atoms with Gasteiger partial charge in [-0.3, -0.25) is 9.59 Å². The van der Waals surface area contributed by atoms with Crippen LogP contribution in [-0.2, 0) is 0 Å². The Balaban J connectivity index is 1.42. The van der Waals surface area contributed by atoms with Gasteiger partial charge in [0.25, 0.3) is 11.8 Å². The van der Waals surface area contributed by atoms with Gasteiger partial charge in [0.1, 0.15) is 5.75 Å². The van der Waals surface area contributed by atoms with Gasteiger partial charge >= 0.3 is 5.97 Å². The molecular weight excluding hydrogens is 546 g/mol. The maximum Gasteiger partial charge on any atom is 0.343 e. The smallest absolute Gasteiger partial charge is 0.343 e. The van der Waals surface area contributed by atoms with Gasteiger partial charge in [0.15, 0.2) is 11.5 Å². The topological polar surface area (TPSA) is 115 Å². The molecule has 4 rings (SSSR count). The molecule has 0 heterocycles. The first kappa shape index (κ1) is 28.8. The molecule has 2 N–H and O–H groups in total. The molecule has 41 heavy (non-hydrogen) atoms. The molecule has 0 saturated carbocycles. The van der Waals surface area contributed by atoms with Crippen molar-refractivity contribution in [3.05, 3.63) is 118 Å². The van der Waals surface area contributed by atoms with Crippen LogP contribution in [0.2, 0.25) is 5.02 Å². The molecule has 0 radical (unpaired) electrons. The second-order valence-electron chi connectivity index (χ2n) is 8.46. The number of para-hydroxylation sites is 1. The molecule has 0 aliphatic heterocycles. The van der Waals surface area contributed by atoms with E-state index in [4.69, 9.17) is 25.8 Å². The van der Waals surface area contributed by atoms with Gasteiger partial charge in [0.2, 0.25) is 0 Å². The quantitative estimate of drug-likeness (QED) is 0.105. The largest absolute Gasteiger partial charge is 0.497 e. The van der Waals surface area contributed by atoms with Crippen LogP contribution in [-0.4, -0.2) is 37.7 Å². The molecule has 0 aliphatic carbocycles. The number of halogens is 1. The van der Waals surface area contributed by atoms with Crippen molar-refractivity contribution in [3.63, 3.8) is 0 Å². The number of hydrazone groups is 1. The molecule has 0 bridgehead atoms. The molecule has 0 atom stereocenters. The van der Waals surface area contributed by atoms with Crippen LogP contribution in [0.25, 0.3) is 0 Å². The zero-order chi connectivity index (χ0) is 29.2. The average Bonchev–Trinajstić information content (AvgIpc) is 2.99. The first-order valence-corrected chi connectivity index (χ1v) is 12.9. The second kappa shape index (κ2) is 13.8. The van der Waals surface area contributed by atoms with E-state index >= 15 is 0 Å². The van der Waals surface area contributed by atoms with Crippen LogP contribution in [0.4, 0.5) is 5.69 Å². The Morgan fingerprint density at radius 3 is 2.27 bits per heavy atom. The van der Waals surface area contributed by atoms with Gasteiger partial charge in [-0.2, -0.15) is 5.10 Å². The highest BCUT2D eigenvalue weighted by Crippen LogP contribution is 2.29. The summed E-state index contributed by atoms with van der Waals surface area (Å²) in [6.07, 6.45) is 1.42. The van der Waals surface area contributed by atoms with Crippen LogP contribution in [0.1, 0.15) is 43.6 Å². The van der Waals surface area contributed by atoms with E-state index in [1.165, 1.54) is 6.21 Å². The van der Waals surface area contributed by atoms with Gasteiger partial charge in [-0.05, 0) is 91.3 Å². The van der Waals surface area contributed by atoms with Crippen molar-refractivity contribution in [2.75, 3.05) is 19.0 Å². The summed E-state index contributed by atoms with van der Waals surface area (Å²) in [5.41, 5.74) is 4.35. The molecule has 2 amide bonds. The van der Waals surface area contributed by atoms with E-state index in [-0.39, 0.29) is 17.2 Å². The van der Waals surface area contributed by atoms with Gasteiger partial charge in [0, 0.05) is 10.6 Å². The molecule has 0 saturated heterocycles. The van der Waals surface area contributed by atoms with Gasteiger partial charge in [0.05, 0.1) is 36.7 Å². The predicted molar refractivity (Wildman–Crippen MR) is 156 cm³/mol. The van der Waals surface area contributed by atoms with Crippen LogP contribution in [0, 0.1) is 0 Å². The van der Waals surface area contributed by atoms with Crippen LogP contribution in [0.3, 0.4) is 0 Å². The van der Waals surface area contributed by atoms with E-state index in [0.717, 1.165) is 0 Å². The lowest BCUT2D eigenvalue weighted by atomic mass is 10.1. The fourth-order valence-corrected chi connectivity index (χ4v) is 3.78. The summed E-state index contributed by atoms with van der Waals surface area (Å²) in [5.74, 6) is -0.275. The number of hydrogen-bond donors (Lipinski definition) is 2. The number of ether oxygens (including phenoxy) is 3. The third-order valence-corrected chi connectivity index (χ3v) is 5.95. The first-order chi connectivity index (χ1) is 19.9. The molecule has 0 unspecified atom stereocenters. The van der Waals surface area contributed by atoms with Crippen molar-refractivity contribution in [1.82, 2.24) is 5.43 Å².